The van der Waals surface area contributed by atoms with Crippen molar-refractivity contribution in [2.45, 2.75) is 46.2 Å². The van der Waals surface area contributed by atoms with Gasteiger partial charge < -0.3 is 15.0 Å². The van der Waals surface area contributed by atoms with Gasteiger partial charge in [-0.2, -0.15) is 0 Å². The molecular formula is C24H31BrN2O3. The Morgan fingerprint density at radius 1 is 1.03 bits per heavy atom. The van der Waals surface area contributed by atoms with Gasteiger partial charge in [-0.05, 0) is 49.1 Å². The Bertz CT molecular complexity index is 794. The van der Waals surface area contributed by atoms with Crippen LogP contribution in [0.1, 0.15) is 39.2 Å². The number of para-hydroxylation sites is 1. The van der Waals surface area contributed by atoms with E-state index < -0.39 is 6.04 Å². The fourth-order valence-corrected chi connectivity index (χ4v) is 3.16. The van der Waals surface area contributed by atoms with E-state index in [9.17, 15) is 9.59 Å². The van der Waals surface area contributed by atoms with Gasteiger partial charge >= 0.3 is 0 Å². The molecule has 0 unspecified atom stereocenters. The van der Waals surface area contributed by atoms with Crippen molar-refractivity contribution >= 4 is 27.7 Å². The van der Waals surface area contributed by atoms with Crippen LogP contribution in [0, 0.1) is 5.92 Å². The maximum absolute atomic E-state index is 13.0. The maximum atomic E-state index is 13.0. The molecule has 0 radical (unpaired) electrons. The Morgan fingerprint density at radius 3 is 2.33 bits per heavy atom. The Labute approximate surface area is 187 Å². The van der Waals surface area contributed by atoms with Gasteiger partial charge in [0.25, 0.3) is 0 Å². The van der Waals surface area contributed by atoms with Gasteiger partial charge in [0.2, 0.25) is 11.8 Å². The first kappa shape index (κ1) is 23.9. The minimum absolute atomic E-state index is 0.0539. The van der Waals surface area contributed by atoms with Crippen LogP contribution in [0.4, 0.5) is 0 Å². The quantitative estimate of drug-likeness (QED) is 0.475. The molecule has 162 valence electrons. The number of carbonyl (C=O) groups excluding carboxylic acids is 2. The third-order valence-corrected chi connectivity index (χ3v) is 5.19. The normalized spacial score (nSPS) is 11.8. The van der Waals surface area contributed by atoms with E-state index in [1.807, 2.05) is 68.4 Å². The molecular weight excluding hydrogens is 444 g/mol. The predicted octanol–water partition coefficient (Wildman–Crippen LogP) is 4.80. The largest absolute Gasteiger partial charge is 0.494 e. The lowest BCUT2D eigenvalue weighted by molar-refractivity contribution is -0.140. The fraction of sp³-hybridized carbons (Fsp3) is 0.417. The van der Waals surface area contributed by atoms with Crippen LogP contribution in [0.3, 0.4) is 0 Å². The van der Waals surface area contributed by atoms with Crippen molar-refractivity contribution in [3.63, 3.8) is 0 Å². The number of amides is 2. The molecule has 6 heteroatoms. The highest BCUT2D eigenvalue weighted by Gasteiger charge is 2.25. The molecule has 2 aromatic carbocycles. The third-order valence-electron chi connectivity index (χ3n) is 4.66. The van der Waals surface area contributed by atoms with Crippen molar-refractivity contribution in [1.82, 2.24) is 10.2 Å². The summed E-state index contributed by atoms with van der Waals surface area (Å²) in [5, 5.41) is 2.94. The molecule has 1 atom stereocenters. The monoisotopic (exact) mass is 474 g/mol. The molecule has 0 saturated heterocycles. The van der Waals surface area contributed by atoms with E-state index in [4.69, 9.17) is 4.74 Å². The smallest absolute Gasteiger partial charge is 0.242 e. The fourth-order valence-electron chi connectivity index (χ4n) is 2.90. The number of ether oxygens (including phenoxy) is 1. The molecule has 0 aliphatic rings. The number of hydrogen-bond donors (Lipinski definition) is 1. The van der Waals surface area contributed by atoms with E-state index >= 15 is 0 Å². The highest BCUT2D eigenvalue weighted by molar-refractivity contribution is 9.10. The van der Waals surface area contributed by atoms with Gasteiger partial charge in [-0.15, -0.1) is 0 Å². The highest BCUT2D eigenvalue weighted by Crippen LogP contribution is 2.16. The first-order chi connectivity index (χ1) is 14.4. The van der Waals surface area contributed by atoms with Crippen molar-refractivity contribution in [1.29, 1.82) is 0 Å². The van der Waals surface area contributed by atoms with Crippen molar-refractivity contribution in [3.8, 4) is 5.75 Å². The Balaban J connectivity index is 1.98. The lowest BCUT2D eigenvalue weighted by atomic mass is 10.1. The number of hydrogen-bond acceptors (Lipinski definition) is 3. The molecule has 2 aromatic rings. The molecule has 0 bridgehead atoms. The Morgan fingerprint density at radius 2 is 1.70 bits per heavy atom. The van der Waals surface area contributed by atoms with E-state index in [1.54, 1.807) is 11.8 Å². The van der Waals surface area contributed by atoms with Crippen molar-refractivity contribution in [2.75, 3.05) is 13.2 Å². The molecule has 0 saturated carbocycles. The second-order valence-corrected chi connectivity index (χ2v) is 8.64. The summed E-state index contributed by atoms with van der Waals surface area (Å²) < 4.78 is 6.66. The van der Waals surface area contributed by atoms with Crippen LogP contribution in [-0.4, -0.2) is 35.9 Å². The van der Waals surface area contributed by atoms with Crippen LogP contribution in [-0.2, 0) is 16.1 Å². The number of rotatable bonds is 11. The first-order valence-corrected chi connectivity index (χ1v) is 11.2. The maximum Gasteiger partial charge on any atom is 0.242 e. The predicted molar refractivity (Wildman–Crippen MR) is 123 cm³/mol. The average molecular weight is 475 g/mol. The molecule has 0 aliphatic heterocycles. The minimum Gasteiger partial charge on any atom is -0.494 e. The average Bonchev–Trinajstić information content (AvgIpc) is 2.74. The molecule has 2 amide bonds. The van der Waals surface area contributed by atoms with Crippen molar-refractivity contribution in [2.24, 2.45) is 5.92 Å². The second-order valence-electron chi connectivity index (χ2n) is 7.73. The van der Waals surface area contributed by atoms with Gasteiger partial charge in [-0.3, -0.25) is 9.59 Å². The molecule has 0 aliphatic carbocycles. The molecule has 0 aromatic heterocycles. The molecule has 2 rings (SSSR count). The number of carbonyl (C=O) groups is 2. The standard InChI is InChI=1S/C24H31BrN2O3/c1-18(2)16-26-24(29)19(3)27(17-20-11-13-21(25)14-12-20)23(28)10-7-15-30-22-8-5-4-6-9-22/h4-6,8-9,11-14,18-19H,7,10,15-17H2,1-3H3,(H,26,29)/t19-/m1/s1. The summed E-state index contributed by atoms with van der Waals surface area (Å²) in [6.07, 6.45) is 0.913. The molecule has 0 heterocycles. The molecule has 0 fully saturated rings. The van der Waals surface area contributed by atoms with Crippen LogP contribution in [0.5, 0.6) is 5.75 Å². The van der Waals surface area contributed by atoms with Gasteiger partial charge in [0.15, 0.2) is 0 Å². The van der Waals surface area contributed by atoms with Crippen molar-refractivity contribution in [3.05, 3.63) is 64.6 Å². The van der Waals surface area contributed by atoms with E-state index in [1.165, 1.54) is 0 Å². The zero-order chi connectivity index (χ0) is 21.9. The lowest BCUT2D eigenvalue weighted by Crippen LogP contribution is -2.48. The van der Waals surface area contributed by atoms with E-state index in [0.29, 0.717) is 38.5 Å². The molecule has 30 heavy (non-hydrogen) atoms. The van der Waals surface area contributed by atoms with Gasteiger partial charge in [0.1, 0.15) is 11.8 Å². The van der Waals surface area contributed by atoms with Gasteiger partial charge in [-0.1, -0.05) is 60.1 Å². The van der Waals surface area contributed by atoms with Crippen LogP contribution in [0.15, 0.2) is 59.1 Å². The third kappa shape index (κ3) is 8.19. The number of benzene rings is 2. The Hall–Kier alpha value is -2.34. The van der Waals surface area contributed by atoms with Gasteiger partial charge in [0.05, 0.1) is 6.61 Å². The van der Waals surface area contributed by atoms with E-state index in [-0.39, 0.29) is 11.8 Å². The number of halogens is 1. The van der Waals surface area contributed by atoms with Gasteiger partial charge in [-0.25, -0.2) is 0 Å². The Kier molecular flexibility index (Phi) is 9.87. The van der Waals surface area contributed by atoms with Gasteiger partial charge in [0, 0.05) is 24.0 Å². The molecule has 0 spiro atoms. The lowest BCUT2D eigenvalue weighted by Gasteiger charge is -2.29. The van der Waals surface area contributed by atoms with Crippen LogP contribution >= 0.6 is 15.9 Å². The number of nitrogens with zero attached hydrogens (tertiary/aromatic N) is 1. The SMILES string of the molecule is CC(C)CNC(=O)[C@@H](C)N(Cc1ccc(Br)cc1)C(=O)CCCOc1ccccc1. The summed E-state index contributed by atoms with van der Waals surface area (Å²) in [7, 11) is 0. The van der Waals surface area contributed by atoms with E-state index in [0.717, 1.165) is 15.8 Å². The summed E-state index contributed by atoms with van der Waals surface area (Å²) in [4.78, 5) is 27.3. The van der Waals surface area contributed by atoms with Crippen LogP contribution in [0.2, 0.25) is 0 Å². The summed E-state index contributed by atoms with van der Waals surface area (Å²) >= 11 is 3.43. The van der Waals surface area contributed by atoms with E-state index in [2.05, 4.69) is 21.2 Å². The summed E-state index contributed by atoms with van der Waals surface area (Å²) in [6.45, 7) is 7.31. The zero-order valence-corrected chi connectivity index (χ0v) is 19.5. The minimum atomic E-state index is -0.546. The van der Waals surface area contributed by atoms with Crippen LogP contribution < -0.4 is 10.1 Å². The molecule has 5 nitrogen and oxygen atoms in total. The topological polar surface area (TPSA) is 58.6 Å². The van der Waals surface area contributed by atoms with Crippen molar-refractivity contribution < 1.29 is 14.3 Å². The zero-order valence-electron chi connectivity index (χ0n) is 17.9. The number of nitrogens with one attached hydrogen (secondary N) is 1. The first-order valence-electron chi connectivity index (χ1n) is 10.4. The van der Waals surface area contributed by atoms with Crippen LogP contribution in [0.25, 0.3) is 0 Å². The summed E-state index contributed by atoms with van der Waals surface area (Å²) in [5.41, 5.74) is 0.982. The summed E-state index contributed by atoms with van der Waals surface area (Å²) in [6, 6.07) is 16.8. The molecule has 1 N–H and O–H groups in total. The highest BCUT2D eigenvalue weighted by atomic mass is 79.9. The second kappa shape index (κ2) is 12.4. The summed E-state index contributed by atoms with van der Waals surface area (Å²) in [5.74, 6) is 0.960.